The van der Waals surface area contributed by atoms with E-state index in [1.54, 1.807) is 26.4 Å². The van der Waals surface area contributed by atoms with E-state index in [-0.39, 0.29) is 36.0 Å². The maximum atomic E-state index is 10.3. The van der Waals surface area contributed by atoms with E-state index >= 15 is 0 Å². The maximum absolute atomic E-state index is 10.3. The summed E-state index contributed by atoms with van der Waals surface area (Å²) in [6, 6.07) is 5.33. The number of carbonyl (C=O) groups excluding carboxylic acids is 1. The van der Waals surface area contributed by atoms with E-state index < -0.39 is 5.97 Å². The second-order valence-electron chi connectivity index (χ2n) is 3.06. The minimum absolute atomic E-state index is 0. The predicted molar refractivity (Wildman–Crippen MR) is 52.9 cm³/mol. The van der Waals surface area contributed by atoms with Gasteiger partial charge in [-0.05, 0) is 30.5 Å². The standard InChI is InChI=1S/C11H14O4.Na/c1-14-9-5-3-8(4-6-11(12)13)7-10(9)15-2;/h3,5,7H,4,6H2,1-2H3,(H,12,13);/q;+1/p-1. The first-order chi connectivity index (χ1) is 7.17. The summed E-state index contributed by atoms with van der Waals surface area (Å²) in [7, 11) is 3.10. The first kappa shape index (κ1) is 15.3. The molecule has 0 radical (unpaired) electrons. The van der Waals surface area contributed by atoms with Crippen LogP contribution >= 0.6 is 0 Å². The van der Waals surface area contributed by atoms with Gasteiger partial charge in [0.05, 0.1) is 14.2 Å². The Morgan fingerprint density at radius 1 is 1.25 bits per heavy atom. The molecule has 5 heteroatoms. The van der Waals surface area contributed by atoms with Gasteiger partial charge in [0.2, 0.25) is 0 Å². The maximum Gasteiger partial charge on any atom is 1.00 e. The van der Waals surface area contributed by atoms with Crippen LogP contribution in [-0.2, 0) is 11.2 Å². The van der Waals surface area contributed by atoms with Crippen molar-refractivity contribution in [1.82, 2.24) is 0 Å². The Labute approximate surface area is 117 Å². The van der Waals surface area contributed by atoms with Crippen LogP contribution in [0, 0.1) is 0 Å². The van der Waals surface area contributed by atoms with E-state index in [0.717, 1.165) is 5.56 Å². The number of carboxylic acid groups (broad SMARTS) is 1. The molecule has 0 aromatic heterocycles. The molecule has 0 atom stereocenters. The van der Waals surface area contributed by atoms with Crippen molar-refractivity contribution in [1.29, 1.82) is 0 Å². The molecule has 0 amide bonds. The van der Waals surface area contributed by atoms with Crippen molar-refractivity contribution < 1.29 is 48.9 Å². The van der Waals surface area contributed by atoms with E-state index in [9.17, 15) is 9.90 Å². The molecule has 1 aromatic carbocycles. The summed E-state index contributed by atoms with van der Waals surface area (Å²) in [5.74, 6) is 0.188. The molecule has 1 aromatic rings. The zero-order chi connectivity index (χ0) is 11.3. The smallest absolute Gasteiger partial charge is 0.550 e. The van der Waals surface area contributed by atoms with E-state index in [1.807, 2.05) is 6.07 Å². The summed E-state index contributed by atoms with van der Waals surface area (Å²) >= 11 is 0. The molecule has 0 saturated heterocycles. The minimum atomic E-state index is -1.05. The fraction of sp³-hybridized carbons (Fsp3) is 0.364. The summed E-state index contributed by atoms with van der Waals surface area (Å²) in [5.41, 5.74) is 0.886. The largest absolute Gasteiger partial charge is 1.00 e. The molecule has 0 unspecified atom stereocenters. The Morgan fingerprint density at radius 3 is 2.38 bits per heavy atom. The number of methoxy groups -OCH3 is 2. The first-order valence-electron chi connectivity index (χ1n) is 4.58. The number of carboxylic acids is 1. The van der Waals surface area contributed by atoms with Crippen LogP contribution in [0.15, 0.2) is 18.2 Å². The topological polar surface area (TPSA) is 58.6 Å². The van der Waals surface area contributed by atoms with Gasteiger partial charge in [-0.1, -0.05) is 6.07 Å². The predicted octanol–water partition coefficient (Wildman–Crippen LogP) is -2.61. The third-order valence-corrected chi connectivity index (χ3v) is 2.07. The van der Waals surface area contributed by atoms with Gasteiger partial charge in [0.25, 0.3) is 0 Å². The van der Waals surface area contributed by atoms with Crippen molar-refractivity contribution in [2.24, 2.45) is 0 Å². The SMILES string of the molecule is COc1ccc(CCC(=O)[O-])cc1OC.[Na+]. The molecular formula is C11H13NaO4. The number of hydrogen-bond acceptors (Lipinski definition) is 4. The van der Waals surface area contributed by atoms with Gasteiger partial charge < -0.3 is 19.4 Å². The third kappa shape index (κ3) is 4.43. The third-order valence-electron chi connectivity index (χ3n) is 2.07. The van der Waals surface area contributed by atoms with Crippen molar-refractivity contribution in [3.8, 4) is 11.5 Å². The normalized spacial score (nSPS) is 9.12. The van der Waals surface area contributed by atoms with Crippen molar-refractivity contribution in [2.75, 3.05) is 14.2 Å². The van der Waals surface area contributed by atoms with Crippen LogP contribution in [0.5, 0.6) is 11.5 Å². The molecule has 0 aliphatic heterocycles. The van der Waals surface area contributed by atoms with Crippen LogP contribution in [0.1, 0.15) is 12.0 Å². The van der Waals surface area contributed by atoms with E-state index in [1.165, 1.54) is 0 Å². The molecule has 0 heterocycles. The van der Waals surface area contributed by atoms with Gasteiger partial charge >= 0.3 is 29.6 Å². The fourth-order valence-corrected chi connectivity index (χ4v) is 1.28. The molecule has 0 N–H and O–H groups in total. The number of hydrogen-bond donors (Lipinski definition) is 0. The van der Waals surface area contributed by atoms with Crippen LogP contribution in [0.25, 0.3) is 0 Å². The Balaban J connectivity index is 0.00000225. The van der Waals surface area contributed by atoms with Crippen LogP contribution in [0.2, 0.25) is 0 Å². The molecule has 0 saturated carbocycles. The molecule has 0 fully saturated rings. The zero-order valence-corrected chi connectivity index (χ0v) is 11.8. The quantitative estimate of drug-likeness (QED) is 0.522. The summed E-state index contributed by atoms with van der Waals surface area (Å²) in [6.07, 6.45) is 0.443. The van der Waals surface area contributed by atoms with Crippen molar-refractivity contribution in [3.05, 3.63) is 23.8 Å². The summed E-state index contributed by atoms with van der Waals surface area (Å²) < 4.78 is 10.2. The Hall–Kier alpha value is -0.710. The first-order valence-corrected chi connectivity index (χ1v) is 4.58. The Morgan fingerprint density at radius 2 is 1.88 bits per heavy atom. The average Bonchev–Trinajstić information content (AvgIpc) is 2.25. The molecule has 4 nitrogen and oxygen atoms in total. The Bertz CT molecular complexity index is 352. The van der Waals surface area contributed by atoms with E-state index in [4.69, 9.17) is 9.47 Å². The minimum Gasteiger partial charge on any atom is -0.550 e. The number of aryl methyl sites for hydroxylation is 1. The van der Waals surface area contributed by atoms with Crippen molar-refractivity contribution in [3.63, 3.8) is 0 Å². The van der Waals surface area contributed by atoms with Crippen LogP contribution < -0.4 is 44.1 Å². The van der Waals surface area contributed by atoms with Gasteiger partial charge in [0.15, 0.2) is 11.5 Å². The summed E-state index contributed by atoms with van der Waals surface area (Å²) in [5, 5.41) is 10.3. The monoisotopic (exact) mass is 232 g/mol. The molecule has 0 spiro atoms. The molecule has 0 bridgehead atoms. The molecule has 1 rings (SSSR count). The molecule has 16 heavy (non-hydrogen) atoms. The summed E-state index contributed by atoms with van der Waals surface area (Å²) in [6.45, 7) is 0. The second-order valence-corrected chi connectivity index (χ2v) is 3.06. The van der Waals surface area contributed by atoms with Crippen molar-refractivity contribution in [2.45, 2.75) is 12.8 Å². The fourth-order valence-electron chi connectivity index (χ4n) is 1.28. The molecular weight excluding hydrogens is 219 g/mol. The number of benzene rings is 1. The van der Waals surface area contributed by atoms with Crippen LogP contribution in [0.4, 0.5) is 0 Å². The van der Waals surface area contributed by atoms with Gasteiger partial charge in [-0.3, -0.25) is 0 Å². The molecule has 0 aliphatic rings. The average molecular weight is 232 g/mol. The molecule has 82 valence electrons. The Kier molecular flexibility index (Phi) is 7.21. The number of carbonyl (C=O) groups is 1. The van der Waals surface area contributed by atoms with Gasteiger partial charge in [0.1, 0.15) is 0 Å². The van der Waals surface area contributed by atoms with Gasteiger partial charge in [-0.15, -0.1) is 0 Å². The number of rotatable bonds is 5. The van der Waals surface area contributed by atoms with Crippen LogP contribution in [-0.4, -0.2) is 20.2 Å². The van der Waals surface area contributed by atoms with E-state index in [2.05, 4.69) is 0 Å². The van der Waals surface area contributed by atoms with Crippen LogP contribution in [0.3, 0.4) is 0 Å². The number of ether oxygens (including phenoxy) is 2. The summed E-state index contributed by atoms with van der Waals surface area (Å²) in [4.78, 5) is 10.3. The van der Waals surface area contributed by atoms with Gasteiger partial charge in [-0.2, -0.15) is 0 Å². The van der Waals surface area contributed by atoms with Gasteiger partial charge in [0, 0.05) is 5.97 Å². The number of aliphatic carboxylic acids is 1. The van der Waals surface area contributed by atoms with Gasteiger partial charge in [-0.25, -0.2) is 0 Å². The zero-order valence-electron chi connectivity index (χ0n) is 9.78. The molecule has 0 aliphatic carbocycles. The van der Waals surface area contributed by atoms with Crippen molar-refractivity contribution >= 4 is 5.97 Å². The second kappa shape index (κ2) is 7.54. The van der Waals surface area contributed by atoms with E-state index in [0.29, 0.717) is 17.9 Å².